The molecule has 8 aromatic carbocycles. The summed E-state index contributed by atoms with van der Waals surface area (Å²) in [7, 11) is 0. The second kappa shape index (κ2) is 11.8. The van der Waals surface area contributed by atoms with Crippen LogP contribution in [-0.2, 0) is 0 Å². The lowest BCUT2D eigenvalue weighted by Gasteiger charge is -2.25. The molecule has 0 saturated heterocycles. The monoisotopic (exact) mass is 613 g/mol. The molecule has 2 heteroatoms. The molecule has 1 heterocycles. The van der Waals surface area contributed by atoms with Crippen molar-refractivity contribution < 1.29 is 4.42 Å². The van der Waals surface area contributed by atoms with E-state index in [1.807, 2.05) is 6.07 Å². The number of hydrogen-bond acceptors (Lipinski definition) is 2. The lowest BCUT2D eigenvalue weighted by Crippen LogP contribution is -2.09. The van der Waals surface area contributed by atoms with Crippen molar-refractivity contribution >= 4 is 49.8 Å². The highest BCUT2D eigenvalue weighted by Gasteiger charge is 2.22. The molecule has 0 aliphatic carbocycles. The van der Waals surface area contributed by atoms with Crippen LogP contribution in [0.1, 0.15) is 0 Å². The Morgan fingerprint density at radius 1 is 0.312 bits per heavy atom. The Morgan fingerprint density at radius 3 is 1.38 bits per heavy atom. The Balaban J connectivity index is 1.18. The smallest absolute Gasteiger partial charge is 0.143 e. The second-order valence-electron chi connectivity index (χ2n) is 12.1. The second-order valence-corrected chi connectivity index (χ2v) is 12.1. The molecule has 0 aliphatic rings. The molecule has 0 atom stereocenters. The fraction of sp³-hybridized carbons (Fsp3) is 0. The highest BCUT2D eigenvalue weighted by Crippen LogP contribution is 2.48. The molecule has 1 aromatic heterocycles. The quantitative estimate of drug-likeness (QED) is 0.185. The number of para-hydroxylation sites is 3. The molecule has 0 aliphatic heterocycles. The number of fused-ring (bicyclic) bond motifs is 5. The molecule has 48 heavy (non-hydrogen) atoms. The predicted octanol–water partition coefficient (Wildman–Crippen LogP) is 13.2. The molecule has 0 bridgehead atoms. The van der Waals surface area contributed by atoms with Gasteiger partial charge in [-0.25, -0.2) is 0 Å². The number of furan rings is 1. The van der Waals surface area contributed by atoms with Crippen LogP contribution in [0, 0.1) is 0 Å². The number of rotatable bonds is 6. The Morgan fingerprint density at radius 2 is 0.750 bits per heavy atom. The van der Waals surface area contributed by atoms with E-state index < -0.39 is 0 Å². The van der Waals surface area contributed by atoms with Gasteiger partial charge in [-0.15, -0.1) is 0 Å². The number of anilines is 3. The first-order chi connectivity index (χ1) is 23.8. The van der Waals surface area contributed by atoms with Crippen molar-refractivity contribution in [3.63, 3.8) is 0 Å². The van der Waals surface area contributed by atoms with E-state index in [4.69, 9.17) is 4.42 Å². The van der Waals surface area contributed by atoms with Gasteiger partial charge in [-0.1, -0.05) is 146 Å². The average Bonchev–Trinajstić information content (AvgIpc) is 3.56. The summed E-state index contributed by atoms with van der Waals surface area (Å²) in [5, 5.41) is 4.60. The first-order valence-electron chi connectivity index (χ1n) is 16.4. The van der Waals surface area contributed by atoms with Gasteiger partial charge in [0.2, 0.25) is 0 Å². The van der Waals surface area contributed by atoms with Gasteiger partial charge in [0.25, 0.3) is 0 Å². The van der Waals surface area contributed by atoms with Crippen LogP contribution >= 0.6 is 0 Å². The van der Waals surface area contributed by atoms with Crippen LogP contribution < -0.4 is 4.90 Å². The average molecular weight is 614 g/mol. The zero-order valence-corrected chi connectivity index (χ0v) is 26.3. The number of benzene rings is 8. The van der Waals surface area contributed by atoms with Crippen molar-refractivity contribution in [2.75, 3.05) is 4.90 Å². The first kappa shape index (κ1) is 27.9. The standard InChI is InChI=1S/C46H31NO/c1-4-14-34(15-5-1)43-39-20-10-11-21-40(39)46-45(41-22-12-13-23-42(41)48-46)44(43)35-26-24-32(25-27-35)33-28-30-38(31-29-33)47(36-16-6-2-7-17-36)37-18-8-3-9-19-37/h1-31H. The summed E-state index contributed by atoms with van der Waals surface area (Å²) in [5.74, 6) is 0. The molecule has 0 unspecified atom stereocenters. The molecule has 9 aromatic rings. The lowest BCUT2D eigenvalue weighted by molar-refractivity contribution is 0.673. The fourth-order valence-corrected chi connectivity index (χ4v) is 7.07. The van der Waals surface area contributed by atoms with Crippen molar-refractivity contribution in [2.24, 2.45) is 0 Å². The highest BCUT2D eigenvalue weighted by atomic mass is 16.3. The lowest BCUT2D eigenvalue weighted by atomic mass is 9.86. The van der Waals surface area contributed by atoms with Crippen LogP contribution in [0.2, 0.25) is 0 Å². The number of hydrogen-bond donors (Lipinski definition) is 0. The van der Waals surface area contributed by atoms with Crippen LogP contribution in [-0.4, -0.2) is 0 Å². The Labute approximate surface area is 279 Å². The number of nitrogens with zero attached hydrogens (tertiary/aromatic N) is 1. The molecule has 0 saturated carbocycles. The minimum absolute atomic E-state index is 0.904. The molecule has 226 valence electrons. The normalized spacial score (nSPS) is 11.3. The van der Waals surface area contributed by atoms with E-state index in [1.165, 1.54) is 33.2 Å². The van der Waals surface area contributed by atoms with Gasteiger partial charge >= 0.3 is 0 Å². The third-order valence-corrected chi connectivity index (χ3v) is 9.26. The fourth-order valence-electron chi connectivity index (χ4n) is 7.07. The van der Waals surface area contributed by atoms with E-state index >= 15 is 0 Å². The Bertz CT molecular complexity index is 2480. The van der Waals surface area contributed by atoms with Gasteiger partial charge in [-0.05, 0) is 75.7 Å². The van der Waals surface area contributed by atoms with Crippen LogP contribution in [0.5, 0.6) is 0 Å². The van der Waals surface area contributed by atoms with Crippen LogP contribution in [0.15, 0.2) is 192 Å². The van der Waals surface area contributed by atoms with Crippen molar-refractivity contribution in [2.45, 2.75) is 0 Å². The summed E-state index contributed by atoms with van der Waals surface area (Å²) >= 11 is 0. The maximum absolute atomic E-state index is 6.60. The van der Waals surface area contributed by atoms with E-state index in [2.05, 4.69) is 187 Å². The van der Waals surface area contributed by atoms with Gasteiger partial charge in [0.15, 0.2) is 0 Å². The maximum Gasteiger partial charge on any atom is 0.143 e. The molecular weight excluding hydrogens is 583 g/mol. The van der Waals surface area contributed by atoms with Gasteiger partial charge in [0.1, 0.15) is 11.2 Å². The highest BCUT2D eigenvalue weighted by molar-refractivity contribution is 6.26. The summed E-state index contributed by atoms with van der Waals surface area (Å²) in [6.07, 6.45) is 0. The summed E-state index contributed by atoms with van der Waals surface area (Å²) in [6, 6.07) is 66.7. The Hall–Kier alpha value is -6.38. The van der Waals surface area contributed by atoms with Crippen molar-refractivity contribution in [1.82, 2.24) is 0 Å². The predicted molar refractivity (Wildman–Crippen MR) is 202 cm³/mol. The van der Waals surface area contributed by atoms with E-state index in [9.17, 15) is 0 Å². The first-order valence-corrected chi connectivity index (χ1v) is 16.4. The zero-order chi connectivity index (χ0) is 31.9. The zero-order valence-electron chi connectivity index (χ0n) is 26.3. The molecule has 9 rings (SSSR count). The Kier molecular flexibility index (Phi) is 6.84. The van der Waals surface area contributed by atoms with E-state index in [-0.39, 0.29) is 0 Å². The topological polar surface area (TPSA) is 16.4 Å². The van der Waals surface area contributed by atoms with Gasteiger partial charge in [0, 0.05) is 38.8 Å². The van der Waals surface area contributed by atoms with E-state index in [1.54, 1.807) is 0 Å². The molecular formula is C46H31NO. The van der Waals surface area contributed by atoms with Gasteiger partial charge < -0.3 is 9.32 Å². The van der Waals surface area contributed by atoms with E-state index in [0.717, 1.165) is 50.0 Å². The maximum atomic E-state index is 6.60. The molecule has 0 radical (unpaired) electrons. The largest absolute Gasteiger partial charge is 0.455 e. The van der Waals surface area contributed by atoms with Crippen LogP contribution in [0.25, 0.3) is 66.1 Å². The summed E-state index contributed by atoms with van der Waals surface area (Å²) in [5.41, 5.74) is 12.3. The third-order valence-electron chi connectivity index (χ3n) is 9.26. The molecule has 0 spiro atoms. The van der Waals surface area contributed by atoms with Crippen molar-refractivity contribution in [3.05, 3.63) is 188 Å². The van der Waals surface area contributed by atoms with Crippen molar-refractivity contribution in [1.29, 1.82) is 0 Å². The minimum Gasteiger partial charge on any atom is -0.455 e. The van der Waals surface area contributed by atoms with Gasteiger partial charge in [0.05, 0.1) is 0 Å². The van der Waals surface area contributed by atoms with Gasteiger partial charge in [-0.3, -0.25) is 0 Å². The third kappa shape index (κ3) is 4.74. The SMILES string of the molecule is c1ccc(-c2c(-c3ccc(-c4ccc(N(c5ccccc5)c5ccccc5)cc4)cc3)c3c4ccccc4oc3c3ccccc23)cc1. The van der Waals surface area contributed by atoms with Crippen LogP contribution in [0.4, 0.5) is 17.1 Å². The van der Waals surface area contributed by atoms with E-state index in [0.29, 0.717) is 0 Å². The summed E-state index contributed by atoms with van der Waals surface area (Å²) in [4.78, 5) is 2.29. The van der Waals surface area contributed by atoms with Gasteiger partial charge in [-0.2, -0.15) is 0 Å². The van der Waals surface area contributed by atoms with Crippen LogP contribution in [0.3, 0.4) is 0 Å². The molecule has 2 nitrogen and oxygen atoms in total. The minimum atomic E-state index is 0.904. The molecule has 0 N–H and O–H groups in total. The molecule has 0 amide bonds. The van der Waals surface area contributed by atoms with Crippen molar-refractivity contribution in [3.8, 4) is 33.4 Å². The summed E-state index contributed by atoms with van der Waals surface area (Å²) < 4.78 is 6.60. The molecule has 0 fully saturated rings. The summed E-state index contributed by atoms with van der Waals surface area (Å²) in [6.45, 7) is 0.